The number of benzene rings is 2. The number of aromatic amines is 2. The first-order valence-electron chi connectivity index (χ1n) is 8.28. The first-order valence-corrected chi connectivity index (χ1v) is 8.66. The Morgan fingerprint density at radius 3 is 2.48 bits per heavy atom. The Labute approximate surface area is 159 Å². The van der Waals surface area contributed by atoms with Crippen molar-refractivity contribution in [2.75, 3.05) is 7.11 Å². The fourth-order valence-electron chi connectivity index (χ4n) is 3.29. The molecule has 0 unspecified atom stereocenters. The summed E-state index contributed by atoms with van der Waals surface area (Å²) in [5, 5.41) is 0.598. The molecule has 0 saturated heterocycles. The third kappa shape index (κ3) is 2.74. The summed E-state index contributed by atoms with van der Waals surface area (Å²) in [6.45, 7) is 1.77. The molecule has 27 heavy (non-hydrogen) atoms. The van der Waals surface area contributed by atoms with Gasteiger partial charge in [0.25, 0.3) is 0 Å². The fraction of sp³-hybridized carbons (Fsp3) is 0.100. The molecule has 0 bridgehead atoms. The van der Waals surface area contributed by atoms with Crippen LogP contribution in [0.25, 0.3) is 28.0 Å². The summed E-state index contributed by atoms with van der Waals surface area (Å²) in [6.07, 6.45) is 0. The number of hydrogen-bond donors (Lipinski definition) is 2. The monoisotopic (exact) mass is 381 g/mol. The van der Waals surface area contributed by atoms with Gasteiger partial charge in [0.1, 0.15) is 5.56 Å². The van der Waals surface area contributed by atoms with E-state index in [2.05, 4.69) is 9.97 Å². The number of halogens is 1. The predicted molar refractivity (Wildman–Crippen MR) is 105 cm³/mol. The lowest BCUT2D eigenvalue weighted by atomic mass is 10.1. The molecular weight excluding hydrogens is 366 g/mol. The molecule has 0 atom stereocenters. The number of aryl methyl sites for hydroxylation is 1. The van der Waals surface area contributed by atoms with Crippen LogP contribution in [0, 0.1) is 6.92 Å². The zero-order valence-electron chi connectivity index (χ0n) is 14.7. The highest BCUT2D eigenvalue weighted by atomic mass is 35.5. The Hall–Kier alpha value is -3.25. The number of aromatic nitrogens is 3. The summed E-state index contributed by atoms with van der Waals surface area (Å²) in [4.78, 5) is 31.3. The molecule has 4 aromatic rings. The van der Waals surface area contributed by atoms with E-state index in [1.54, 1.807) is 19.1 Å². The lowest BCUT2D eigenvalue weighted by molar-refractivity contribution is 0.0600. The number of H-pyrrole nitrogens is 2. The second-order valence-corrected chi connectivity index (χ2v) is 6.57. The number of carbonyl (C=O) groups excluding carboxylic acids is 1. The summed E-state index contributed by atoms with van der Waals surface area (Å²) < 4.78 is 6.47. The molecule has 4 rings (SSSR count). The maximum absolute atomic E-state index is 12.8. The molecule has 0 saturated carbocycles. The lowest BCUT2D eigenvalue weighted by Gasteiger charge is -2.09. The lowest BCUT2D eigenvalue weighted by Crippen LogP contribution is -2.18. The number of hydrogen-bond acceptors (Lipinski definition) is 3. The number of imidazole rings is 1. The molecule has 0 spiro atoms. The van der Waals surface area contributed by atoms with E-state index >= 15 is 0 Å². The summed E-state index contributed by atoms with van der Waals surface area (Å²) in [6, 6.07) is 14.5. The number of nitrogens with one attached hydrogen (secondary N) is 2. The average molecular weight is 382 g/mol. The Kier molecular flexibility index (Phi) is 4.12. The summed E-state index contributed by atoms with van der Waals surface area (Å²) >= 11 is 6.01. The van der Waals surface area contributed by atoms with Gasteiger partial charge < -0.3 is 14.7 Å². The summed E-state index contributed by atoms with van der Waals surface area (Å²) in [7, 11) is 1.32. The van der Waals surface area contributed by atoms with Gasteiger partial charge in [-0.3, -0.25) is 4.57 Å². The number of esters is 1. The van der Waals surface area contributed by atoms with Crippen molar-refractivity contribution in [2.24, 2.45) is 0 Å². The number of ether oxygens (including phenoxy) is 1. The number of rotatable bonds is 3. The quantitative estimate of drug-likeness (QED) is 0.525. The molecule has 2 N–H and O–H groups in total. The van der Waals surface area contributed by atoms with Crippen molar-refractivity contribution in [3.63, 3.8) is 0 Å². The van der Waals surface area contributed by atoms with E-state index in [-0.39, 0.29) is 5.69 Å². The molecule has 2 aromatic carbocycles. The Morgan fingerprint density at radius 2 is 1.78 bits per heavy atom. The van der Waals surface area contributed by atoms with E-state index in [1.165, 1.54) is 11.7 Å². The molecule has 2 heterocycles. The van der Waals surface area contributed by atoms with E-state index in [9.17, 15) is 9.59 Å². The third-order valence-corrected chi connectivity index (χ3v) is 4.75. The molecule has 7 heteroatoms. The SMILES string of the molecule is COC(=O)c1c(C)[nH]c(-c2ccc(Cl)cc2)c1-n1c(=O)[nH]c2ccccc21. The molecular formula is C20H16ClN3O3. The van der Waals surface area contributed by atoms with Gasteiger partial charge in [-0.25, -0.2) is 9.59 Å². The number of para-hydroxylation sites is 2. The second kappa shape index (κ2) is 6.48. The first-order chi connectivity index (χ1) is 13.0. The van der Waals surface area contributed by atoms with E-state index < -0.39 is 5.97 Å². The van der Waals surface area contributed by atoms with Gasteiger partial charge in [-0.2, -0.15) is 0 Å². The van der Waals surface area contributed by atoms with E-state index in [0.717, 1.165) is 5.56 Å². The number of carbonyl (C=O) groups is 1. The highest BCUT2D eigenvalue weighted by Crippen LogP contribution is 2.33. The van der Waals surface area contributed by atoms with Crippen molar-refractivity contribution in [3.05, 3.63) is 75.3 Å². The van der Waals surface area contributed by atoms with Crippen LogP contribution >= 0.6 is 11.6 Å². The Morgan fingerprint density at radius 1 is 1.07 bits per heavy atom. The van der Waals surface area contributed by atoms with Crippen LogP contribution in [0.15, 0.2) is 53.3 Å². The first kappa shape index (κ1) is 17.2. The van der Waals surface area contributed by atoms with Gasteiger partial charge in [-0.05, 0) is 31.2 Å². The zero-order valence-corrected chi connectivity index (χ0v) is 15.4. The molecule has 0 aliphatic heterocycles. The minimum Gasteiger partial charge on any atom is -0.465 e. The standard InChI is InChI=1S/C20H16ClN3O3/c1-11-16(19(25)27-2)18(17(22-11)12-7-9-13(21)10-8-12)24-15-6-4-3-5-14(15)23-20(24)26/h3-10,22H,1-2H3,(H,23,26). The number of nitrogens with zero attached hydrogens (tertiary/aromatic N) is 1. The van der Waals surface area contributed by atoms with E-state index in [0.29, 0.717) is 38.7 Å². The van der Waals surface area contributed by atoms with Gasteiger partial charge in [0, 0.05) is 16.3 Å². The summed E-state index contributed by atoms with van der Waals surface area (Å²) in [5.74, 6) is -0.517. The maximum atomic E-state index is 12.8. The topological polar surface area (TPSA) is 79.9 Å². The van der Waals surface area contributed by atoms with Crippen molar-refractivity contribution < 1.29 is 9.53 Å². The Balaban J connectivity index is 2.11. The molecule has 2 aromatic heterocycles. The van der Waals surface area contributed by atoms with Crippen molar-refractivity contribution in [1.82, 2.24) is 14.5 Å². The predicted octanol–water partition coefficient (Wildman–Crippen LogP) is 4.06. The third-order valence-electron chi connectivity index (χ3n) is 4.50. The van der Waals surface area contributed by atoms with Gasteiger partial charge >= 0.3 is 11.7 Å². The van der Waals surface area contributed by atoms with Crippen LogP contribution in [0.1, 0.15) is 16.1 Å². The van der Waals surface area contributed by atoms with Crippen molar-refractivity contribution in [3.8, 4) is 16.9 Å². The number of fused-ring (bicyclic) bond motifs is 1. The van der Waals surface area contributed by atoms with Crippen molar-refractivity contribution in [1.29, 1.82) is 0 Å². The van der Waals surface area contributed by atoms with E-state index in [4.69, 9.17) is 16.3 Å². The van der Waals surface area contributed by atoms with Crippen molar-refractivity contribution >= 4 is 28.6 Å². The minimum atomic E-state index is -0.517. The van der Waals surface area contributed by atoms with Gasteiger partial charge in [0.05, 0.1) is 29.5 Å². The largest absolute Gasteiger partial charge is 0.465 e. The smallest absolute Gasteiger partial charge is 0.341 e. The van der Waals surface area contributed by atoms with E-state index in [1.807, 2.05) is 36.4 Å². The van der Waals surface area contributed by atoms with Crippen LogP contribution in [0.5, 0.6) is 0 Å². The van der Waals surface area contributed by atoms with Crippen LogP contribution in [0.4, 0.5) is 0 Å². The van der Waals surface area contributed by atoms with Crippen LogP contribution in [0.2, 0.25) is 5.02 Å². The second-order valence-electron chi connectivity index (χ2n) is 6.13. The highest BCUT2D eigenvalue weighted by molar-refractivity contribution is 6.30. The van der Waals surface area contributed by atoms with Gasteiger partial charge in [0.2, 0.25) is 0 Å². The minimum absolute atomic E-state index is 0.314. The molecule has 0 radical (unpaired) electrons. The van der Waals surface area contributed by atoms with Gasteiger partial charge in [-0.15, -0.1) is 0 Å². The Bertz CT molecular complexity index is 1220. The normalized spacial score (nSPS) is 11.1. The molecule has 0 aliphatic rings. The van der Waals surface area contributed by atoms with Crippen molar-refractivity contribution in [2.45, 2.75) is 6.92 Å². The molecule has 0 aliphatic carbocycles. The van der Waals surface area contributed by atoms with Crippen LogP contribution in [-0.2, 0) is 4.74 Å². The molecule has 0 fully saturated rings. The molecule has 136 valence electrons. The number of methoxy groups -OCH3 is 1. The average Bonchev–Trinajstić information content (AvgIpc) is 3.17. The van der Waals surface area contributed by atoms with Crippen LogP contribution in [0.3, 0.4) is 0 Å². The zero-order chi connectivity index (χ0) is 19.1. The highest BCUT2D eigenvalue weighted by Gasteiger charge is 2.26. The van der Waals surface area contributed by atoms with Crippen LogP contribution < -0.4 is 5.69 Å². The molecule has 0 amide bonds. The van der Waals surface area contributed by atoms with Gasteiger partial charge in [0.15, 0.2) is 0 Å². The molecule has 6 nitrogen and oxygen atoms in total. The fourth-order valence-corrected chi connectivity index (χ4v) is 3.42. The van der Waals surface area contributed by atoms with Gasteiger partial charge in [-0.1, -0.05) is 35.9 Å². The van der Waals surface area contributed by atoms with Crippen LogP contribution in [-0.4, -0.2) is 27.6 Å². The maximum Gasteiger partial charge on any atom is 0.341 e. The summed E-state index contributed by atoms with van der Waals surface area (Å²) in [5.41, 5.74) is 3.82.